The topological polar surface area (TPSA) is 65.5 Å². The van der Waals surface area contributed by atoms with Crippen LogP contribution in [0.4, 0.5) is 4.79 Å². The van der Waals surface area contributed by atoms with Crippen molar-refractivity contribution in [2.75, 3.05) is 20.1 Å². The maximum atomic E-state index is 12.0. The van der Waals surface area contributed by atoms with Gasteiger partial charge in [0.05, 0.1) is 6.10 Å². The van der Waals surface area contributed by atoms with Crippen molar-refractivity contribution in [2.24, 2.45) is 5.92 Å². The molecule has 0 bridgehead atoms. The van der Waals surface area contributed by atoms with E-state index in [9.17, 15) is 9.90 Å². The molecule has 21 heavy (non-hydrogen) atoms. The van der Waals surface area contributed by atoms with Crippen molar-refractivity contribution < 1.29 is 9.90 Å². The molecule has 2 N–H and O–H groups in total. The Bertz CT molecular complexity index is 438. The van der Waals surface area contributed by atoms with Crippen LogP contribution < -0.4 is 5.32 Å². The summed E-state index contributed by atoms with van der Waals surface area (Å²) in [5.41, 5.74) is 1.05. The highest BCUT2D eigenvalue weighted by atomic mass is 16.3. The van der Waals surface area contributed by atoms with Crippen LogP contribution in [-0.2, 0) is 6.42 Å². The molecule has 1 aliphatic carbocycles. The second-order valence-electron chi connectivity index (χ2n) is 5.80. The first-order valence-corrected chi connectivity index (χ1v) is 7.74. The fraction of sp³-hybridized carbons (Fsp3) is 0.625. The van der Waals surface area contributed by atoms with Gasteiger partial charge in [-0.25, -0.2) is 4.79 Å². The number of aryl methyl sites for hydroxylation is 1. The highest BCUT2D eigenvalue weighted by Crippen LogP contribution is 2.25. The first-order chi connectivity index (χ1) is 10.2. The number of hydrogen-bond acceptors (Lipinski definition) is 3. The molecule has 5 heteroatoms. The minimum atomic E-state index is -0.246. The zero-order valence-corrected chi connectivity index (χ0v) is 12.7. The minimum Gasteiger partial charge on any atom is -0.393 e. The third-order valence-corrected chi connectivity index (χ3v) is 4.09. The third-order valence-electron chi connectivity index (χ3n) is 4.09. The van der Waals surface area contributed by atoms with Crippen molar-refractivity contribution in [3.8, 4) is 0 Å². The van der Waals surface area contributed by atoms with Gasteiger partial charge in [0.25, 0.3) is 0 Å². The molecule has 1 saturated carbocycles. The molecular weight excluding hydrogens is 266 g/mol. The Morgan fingerprint density at radius 3 is 3.00 bits per heavy atom. The number of urea groups is 1. The molecule has 1 aromatic heterocycles. The molecule has 0 aliphatic heterocycles. The Morgan fingerprint density at radius 2 is 2.33 bits per heavy atom. The number of aliphatic hydroxyl groups excluding tert-OH is 1. The average Bonchev–Trinajstić information content (AvgIpc) is 2.89. The monoisotopic (exact) mass is 291 g/mol. The van der Waals surface area contributed by atoms with Crippen molar-refractivity contribution in [3.05, 3.63) is 30.1 Å². The fourth-order valence-corrected chi connectivity index (χ4v) is 2.81. The molecule has 0 saturated heterocycles. The van der Waals surface area contributed by atoms with Gasteiger partial charge in [0, 0.05) is 37.9 Å². The molecule has 2 amide bonds. The quantitative estimate of drug-likeness (QED) is 0.786. The number of nitrogens with one attached hydrogen (secondary N) is 1. The van der Waals surface area contributed by atoms with Gasteiger partial charge in [-0.3, -0.25) is 4.98 Å². The van der Waals surface area contributed by atoms with E-state index < -0.39 is 0 Å². The number of hydrogen-bond donors (Lipinski definition) is 2. The number of aromatic nitrogens is 1. The van der Waals surface area contributed by atoms with E-state index in [0.29, 0.717) is 13.1 Å². The molecule has 0 radical (unpaired) electrons. The lowest BCUT2D eigenvalue weighted by molar-refractivity contribution is 0.114. The van der Waals surface area contributed by atoms with Crippen molar-refractivity contribution >= 4 is 6.03 Å². The number of pyridine rings is 1. The van der Waals surface area contributed by atoms with Gasteiger partial charge in [0.1, 0.15) is 0 Å². The molecule has 5 nitrogen and oxygen atoms in total. The minimum absolute atomic E-state index is 0.0601. The number of carbonyl (C=O) groups excluding carboxylic acids is 1. The van der Waals surface area contributed by atoms with E-state index >= 15 is 0 Å². The predicted octanol–water partition coefficient (Wildman–Crippen LogP) is 1.82. The van der Waals surface area contributed by atoms with Crippen LogP contribution in [0.25, 0.3) is 0 Å². The molecule has 1 aromatic rings. The van der Waals surface area contributed by atoms with E-state index in [1.165, 1.54) is 0 Å². The Labute approximate surface area is 126 Å². The normalized spacial score (nSPS) is 21.2. The Morgan fingerprint density at radius 1 is 1.48 bits per heavy atom. The van der Waals surface area contributed by atoms with Crippen molar-refractivity contribution in [1.82, 2.24) is 15.2 Å². The molecule has 0 spiro atoms. The summed E-state index contributed by atoms with van der Waals surface area (Å²) in [6.45, 7) is 1.28. The van der Waals surface area contributed by atoms with Gasteiger partial charge < -0.3 is 15.3 Å². The summed E-state index contributed by atoms with van der Waals surface area (Å²) in [5, 5.41) is 12.7. The average molecular weight is 291 g/mol. The second-order valence-corrected chi connectivity index (χ2v) is 5.80. The van der Waals surface area contributed by atoms with Crippen LogP contribution >= 0.6 is 0 Å². The summed E-state index contributed by atoms with van der Waals surface area (Å²) in [5.74, 6) is 0.231. The molecule has 1 heterocycles. The van der Waals surface area contributed by atoms with Crippen LogP contribution in [0.5, 0.6) is 0 Å². The summed E-state index contributed by atoms with van der Waals surface area (Å²) in [6.07, 6.45) is 6.22. The predicted molar refractivity (Wildman–Crippen MR) is 81.9 cm³/mol. The number of aliphatic hydroxyl groups is 1. The third kappa shape index (κ3) is 5.01. The van der Waals surface area contributed by atoms with E-state index in [1.54, 1.807) is 18.1 Å². The molecule has 0 aromatic carbocycles. The standard InChI is InChI=1S/C16H25N3O2/c1-19(12-13-6-4-9-15(13)20)16(21)18-11-5-8-14-7-2-3-10-17-14/h2-3,7,10,13,15,20H,4-6,8-9,11-12H2,1H3,(H,18,21)/t13-,15-/m1/s1. The second kappa shape index (κ2) is 7.98. The van der Waals surface area contributed by atoms with Gasteiger partial charge in [-0.2, -0.15) is 0 Å². The van der Waals surface area contributed by atoms with E-state index in [4.69, 9.17) is 0 Å². The molecular formula is C16H25N3O2. The first kappa shape index (κ1) is 15.8. The number of amides is 2. The largest absolute Gasteiger partial charge is 0.393 e. The molecule has 1 fully saturated rings. The Hall–Kier alpha value is -1.62. The zero-order chi connectivity index (χ0) is 15.1. The lowest BCUT2D eigenvalue weighted by atomic mass is 10.1. The molecule has 1 aliphatic rings. The lowest BCUT2D eigenvalue weighted by Gasteiger charge is -2.23. The maximum Gasteiger partial charge on any atom is 0.317 e. The van der Waals surface area contributed by atoms with E-state index in [0.717, 1.165) is 37.8 Å². The lowest BCUT2D eigenvalue weighted by Crippen LogP contribution is -2.41. The van der Waals surface area contributed by atoms with Crippen molar-refractivity contribution in [3.63, 3.8) is 0 Å². The van der Waals surface area contributed by atoms with E-state index in [-0.39, 0.29) is 18.1 Å². The molecule has 0 unspecified atom stereocenters. The Kier molecular flexibility index (Phi) is 5.99. The SMILES string of the molecule is CN(C[C@H]1CCC[C@H]1O)C(=O)NCCCc1ccccn1. The first-order valence-electron chi connectivity index (χ1n) is 7.74. The van der Waals surface area contributed by atoms with E-state index in [1.807, 2.05) is 18.2 Å². The van der Waals surface area contributed by atoms with Crippen LogP contribution in [0.2, 0.25) is 0 Å². The summed E-state index contributed by atoms with van der Waals surface area (Å²) in [4.78, 5) is 17.9. The summed E-state index contributed by atoms with van der Waals surface area (Å²) < 4.78 is 0. The molecule has 2 rings (SSSR count). The van der Waals surface area contributed by atoms with Crippen LogP contribution in [-0.4, -0.2) is 47.3 Å². The van der Waals surface area contributed by atoms with Gasteiger partial charge in [0.15, 0.2) is 0 Å². The van der Waals surface area contributed by atoms with Crippen LogP contribution in [0.1, 0.15) is 31.4 Å². The van der Waals surface area contributed by atoms with E-state index in [2.05, 4.69) is 10.3 Å². The van der Waals surface area contributed by atoms with Crippen LogP contribution in [0.3, 0.4) is 0 Å². The number of carbonyl (C=O) groups is 1. The van der Waals surface area contributed by atoms with Crippen molar-refractivity contribution in [1.29, 1.82) is 0 Å². The summed E-state index contributed by atoms with van der Waals surface area (Å²) >= 11 is 0. The van der Waals surface area contributed by atoms with Gasteiger partial charge in [0.2, 0.25) is 0 Å². The van der Waals surface area contributed by atoms with Crippen molar-refractivity contribution in [2.45, 2.75) is 38.2 Å². The highest BCUT2D eigenvalue weighted by Gasteiger charge is 2.27. The molecule has 2 atom stereocenters. The summed E-state index contributed by atoms with van der Waals surface area (Å²) in [6, 6.07) is 5.81. The van der Waals surface area contributed by atoms with Crippen LogP contribution in [0, 0.1) is 5.92 Å². The van der Waals surface area contributed by atoms with Gasteiger partial charge >= 0.3 is 6.03 Å². The zero-order valence-electron chi connectivity index (χ0n) is 12.7. The summed E-state index contributed by atoms with van der Waals surface area (Å²) in [7, 11) is 1.79. The maximum absolute atomic E-state index is 12.0. The smallest absolute Gasteiger partial charge is 0.317 e. The number of nitrogens with zero attached hydrogens (tertiary/aromatic N) is 2. The van der Waals surface area contributed by atoms with Gasteiger partial charge in [-0.1, -0.05) is 12.5 Å². The number of rotatable bonds is 6. The highest BCUT2D eigenvalue weighted by molar-refractivity contribution is 5.73. The van der Waals surface area contributed by atoms with Crippen LogP contribution in [0.15, 0.2) is 24.4 Å². The Balaban J connectivity index is 1.62. The molecule has 116 valence electrons. The van der Waals surface area contributed by atoms with Gasteiger partial charge in [-0.05, 0) is 37.8 Å². The van der Waals surface area contributed by atoms with Gasteiger partial charge in [-0.15, -0.1) is 0 Å². The fourth-order valence-electron chi connectivity index (χ4n) is 2.81.